The molecule has 0 saturated carbocycles. The summed E-state index contributed by atoms with van der Waals surface area (Å²) < 4.78 is 30.7. The summed E-state index contributed by atoms with van der Waals surface area (Å²) >= 11 is 0. The van der Waals surface area contributed by atoms with E-state index in [0.717, 1.165) is 18.2 Å². The van der Waals surface area contributed by atoms with Crippen molar-refractivity contribution < 1.29 is 23.3 Å². The van der Waals surface area contributed by atoms with Crippen LogP contribution in [0.2, 0.25) is 0 Å². The number of hydrogen-bond donors (Lipinski definition) is 1. The van der Waals surface area contributed by atoms with Gasteiger partial charge in [0, 0.05) is 5.56 Å². The third-order valence-electron chi connectivity index (χ3n) is 2.06. The standard InChI is InChI=1S/C10H6F2N2O3/c11-5-1-2-7(12)6(3-5)10-8(4-9(15)16)13-17-14-10/h1-3H,4H2,(H,15,16). The van der Waals surface area contributed by atoms with Gasteiger partial charge < -0.3 is 5.11 Å². The normalized spacial score (nSPS) is 10.5. The van der Waals surface area contributed by atoms with E-state index in [1.165, 1.54) is 0 Å². The third kappa shape index (κ3) is 2.27. The fraction of sp³-hybridized carbons (Fsp3) is 0.100. The summed E-state index contributed by atoms with van der Waals surface area (Å²) in [5.74, 6) is -2.56. The van der Waals surface area contributed by atoms with E-state index in [4.69, 9.17) is 5.11 Å². The topological polar surface area (TPSA) is 76.2 Å². The highest BCUT2D eigenvalue weighted by Gasteiger charge is 2.18. The van der Waals surface area contributed by atoms with Crippen LogP contribution in [0.15, 0.2) is 22.8 Å². The van der Waals surface area contributed by atoms with Gasteiger partial charge in [0.15, 0.2) is 0 Å². The molecule has 0 radical (unpaired) electrons. The van der Waals surface area contributed by atoms with Crippen LogP contribution in [0.1, 0.15) is 5.69 Å². The number of carbonyl (C=O) groups is 1. The minimum absolute atomic E-state index is 0.0537. The Balaban J connectivity index is 2.49. The lowest BCUT2D eigenvalue weighted by Crippen LogP contribution is -2.02. The van der Waals surface area contributed by atoms with Crippen molar-refractivity contribution in [1.82, 2.24) is 10.3 Å². The SMILES string of the molecule is O=C(O)Cc1nonc1-c1cc(F)ccc1F. The lowest BCUT2D eigenvalue weighted by atomic mass is 10.1. The molecule has 0 amide bonds. The van der Waals surface area contributed by atoms with E-state index in [0.29, 0.717) is 0 Å². The Morgan fingerprint density at radius 1 is 1.35 bits per heavy atom. The van der Waals surface area contributed by atoms with Crippen molar-refractivity contribution in [3.8, 4) is 11.3 Å². The highest BCUT2D eigenvalue weighted by Crippen LogP contribution is 2.24. The Hall–Kier alpha value is -2.31. The maximum atomic E-state index is 13.4. The van der Waals surface area contributed by atoms with Gasteiger partial charge in [0.05, 0.1) is 6.42 Å². The summed E-state index contributed by atoms with van der Waals surface area (Å²) in [5.41, 5.74) is -0.339. The molecule has 0 fully saturated rings. The molecule has 2 aromatic rings. The molecule has 1 aromatic heterocycles. The largest absolute Gasteiger partial charge is 0.481 e. The van der Waals surface area contributed by atoms with E-state index in [1.807, 2.05) is 0 Å². The first-order chi connectivity index (χ1) is 8.08. The number of nitrogens with zero attached hydrogens (tertiary/aromatic N) is 2. The number of aliphatic carboxylic acids is 1. The van der Waals surface area contributed by atoms with E-state index in [1.54, 1.807) is 0 Å². The zero-order chi connectivity index (χ0) is 12.4. The van der Waals surface area contributed by atoms with E-state index in [2.05, 4.69) is 14.9 Å². The summed E-state index contributed by atoms with van der Waals surface area (Å²) in [7, 11) is 0. The number of rotatable bonds is 3. The van der Waals surface area contributed by atoms with Crippen molar-refractivity contribution in [3.63, 3.8) is 0 Å². The van der Waals surface area contributed by atoms with Crippen LogP contribution in [0.3, 0.4) is 0 Å². The van der Waals surface area contributed by atoms with Crippen molar-refractivity contribution in [2.75, 3.05) is 0 Å². The van der Waals surface area contributed by atoms with Crippen LogP contribution in [-0.2, 0) is 11.2 Å². The molecule has 88 valence electrons. The first-order valence-electron chi connectivity index (χ1n) is 4.56. The van der Waals surface area contributed by atoms with Crippen LogP contribution in [0.4, 0.5) is 8.78 Å². The van der Waals surface area contributed by atoms with Gasteiger partial charge in [0.1, 0.15) is 23.0 Å². The molecule has 0 bridgehead atoms. The molecule has 7 heteroatoms. The van der Waals surface area contributed by atoms with Crippen LogP contribution >= 0.6 is 0 Å². The minimum atomic E-state index is -1.17. The Morgan fingerprint density at radius 2 is 2.12 bits per heavy atom. The maximum Gasteiger partial charge on any atom is 0.309 e. The lowest BCUT2D eigenvalue weighted by Gasteiger charge is -2.00. The fourth-order valence-electron chi connectivity index (χ4n) is 1.35. The molecule has 0 spiro atoms. The number of carboxylic acids is 1. The van der Waals surface area contributed by atoms with E-state index in [9.17, 15) is 13.6 Å². The molecule has 0 saturated heterocycles. The Morgan fingerprint density at radius 3 is 2.82 bits per heavy atom. The van der Waals surface area contributed by atoms with Gasteiger partial charge in [0.2, 0.25) is 0 Å². The van der Waals surface area contributed by atoms with Crippen molar-refractivity contribution in [2.24, 2.45) is 0 Å². The molecule has 0 aliphatic rings. The van der Waals surface area contributed by atoms with Gasteiger partial charge in [-0.3, -0.25) is 4.79 Å². The highest BCUT2D eigenvalue weighted by atomic mass is 19.1. The minimum Gasteiger partial charge on any atom is -0.481 e. The van der Waals surface area contributed by atoms with Crippen LogP contribution in [0.5, 0.6) is 0 Å². The molecule has 1 N–H and O–H groups in total. The summed E-state index contributed by atoms with van der Waals surface area (Å²) in [6, 6.07) is 2.77. The summed E-state index contributed by atoms with van der Waals surface area (Å²) in [5, 5.41) is 15.3. The summed E-state index contributed by atoms with van der Waals surface area (Å²) in [6.45, 7) is 0. The monoisotopic (exact) mass is 240 g/mol. The molecule has 1 aromatic carbocycles. The van der Waals surface area contributed by atoms with Gasteiger partial charge in [-0.1, -0.05) is 5.16 Å². The van der Waals surface area contributed by atoms with Crippen molar-refractivity contribution in [2.45, 2.75) is 6.42 Å². The molecule has 0 atom stereocenters. The summed E-state index contributed by atoms with van der Waals surface area (Å²) in [4.78, 5) is 10.5. The summed E-state index contributed by atoms with van der Waals surface area (Å²) in [6.07, 6.45) is -0.477. The molecule has 2 rings (SSSR count). The number of halogens is 2. The van der Waals surface area contributed by atoms with Gasteiger partial charge >= 0.3 is 5.97 Å². The first kappa shape index (κ1) is 11.2. The van der Waals surface area contributed by atoms with Crippen molar-refractivity contribution >= 4 is 5.97 Å². The van der Waals surface area contributed by atoms with Gasteiger partial charge in [-0.25, -0.2) is 13.4 Å². The van der Waals surface area contributed by atoms with Crippen LogP contribution < -0.4 is 0 Å². The molecule has 0 aliphatic heterocycles. The quantitative estimate of drug-likeness (QED) is 0.882. The number of carboxylic acid groups (broad SMARTS) is 1. The zero-order valence-electron chi connectivity index (χ0n) is 8.35. The van der Waals surface area contributed by atoms with Gasteiger partial charge in [-0.2, -0.15) is 0 Å². The smallest absolute Gasteiger partial charge is 0.309 e. The second-order valence-corrected chi connectivity index (χ2v) is 3.25. The molecule has 1 heterocycles. The number of aromatic nitrogens is 2. The molecular weight excluding hydrogens is 234 g/mol. The third-order valence-corrected chi connectivity index (χ3v) is 2.06. The van der Waals surface area contributed by atoms with Crippen molar-refractivity contribution in [3.05, 3.63) is 35.5 Å². The van der Waals surface area contributed by atoms with E-state index in [-0.39, 0.29) is 17.0 Å². The van der Waals surface area contributed by atoms with E-state index >= 15 is 0 Å². The first-order valence-corrected chi connectivity index (χ1v) is 4.56. The molecule has 0 unspecified atom stereocenters. The Labute approximate surface area is 93.6 Å². The lowest BCUT2D eigenvalue weighted by molar-refractivity contribution is -0.136. The zero-order valence-corrected chi connectivity index (χ0v) is 8.35. The van der Waals surface area contributed by atoms with Gasteiger partial charge in [-0.15, -0.1) is 0 Å². The van der Waals surface area contributed by atoms with Crippen LogP contribution in [-0.4, -0.2) is 21.4 Å². The number of hydrogen-bond acceptors (Lipinski definition) is 4. The van der Waals surface area contributed by atoms with Crippen LogP contribution in [0, 0.1) is 11.6 Å². The predicted octanol–water partition coefficient (Wildman–Crippen LogP) is 1.64. The molecule has 17 heavy (non-hydrogen) atoms. The Kier molecular flexibility index (Phi) is 2.82. The highest BCUT2D eigenvalue weighted by molar-refractivity contribution is 5.73. The Bertz CT molecular complexity index is 568. The number of benzene rings is 1. The molecular formula is C10H6F2N2O3. The van der Waals surface area contributed by atoms with Gasteiger partial charge in [0.25, 0.3) is 0 Å². The fourth-order valence-corrected chi connectivity index (χ4v) is 1.35. The maximum absolute atomic E-state index is 13.4. The molecule has 0 aliphatic carbocycles. The van der Waals surface area contributed by atoms with Gasteiger partial charge in [-0.05, 0) is 23.4 Å². The second kappa shape index (κ2) is 4.28. The average Bonchev–Trinajstić information content (AvgIpc) is 2.69. The van der Waals surface area contributed by atoms with Crippen molar-refractivity contribution in [1.29, 1.82) is 0 Å². The molecule has 5 nitrogen and oxygen atoms in total. The second-order valence-electron chi connectivity index (χ2n) is 3.25. The predicted molar refractivity (Wildman–Crippen MR) is 51.0 cm³/mol. The van der Waals surface area contributed by atoms with Crippen LogP contribution in [0.25, 0.3) is 11.3 Å². The average molecular weight is 240 g/mol. The van der Waals surface area contributed by atoms with E-state index < -0.39 is 24.0 Å².